The first kappa shape index (κ1) is 11.0. The molecular weight excluding hydrogens is 222 g/mol. The van der Waals surface area contributed by atoms with Gasteiger partial charge < -0.3 is 4.57 Å². The van der Waals surface area contributed by atoms with Crippen molar-refractivity contribution in [1.29, 1.82) is 0 Å². The predicted octanol–water partition coefficient (Wildman–Crippen LogP) is 3.39. The average molecular weight is 234 g/mol. The van der Waals surface area contributed by atoms with Crippen LogP contribution in [0, 0.1) is 0 Å². The topological polar surface area (TPSA) is 22.0 Å². The summed E-state index contributed by atoms with van der Waals surface area (Å²) in [5, 5.41) is 0.725. The third-order valence-corrected chi connectivity index (χ3v) is 2.71. The van der Waals surface area contributed by atoms with Crippen LogP contribution >= 0.6 is 11.6 Å². The Kier molecular flexibility index (Phi) is 3.11. The number of nitrogens with zero attached hydrogens (tertiary/aromatic N) is 1. The standard InChI is InChI=1S/C13H12ClNO/c1-10(16)13-3-2-8-15(13)9-11-4-6-12(14)7-5-11/h2-8H,9H2,1H3. The normalized spacial score (nSPS) is 10.4. The van der Waals surface area contributed by atoms with Crippen molar-refractivity contribution in [2.45, 2.75) is 13.5 Å². The van der Waals surface area contributed by atoms with Crippen molar-refractivity contribution >= 4 is 17.4 Å². The monoisotopic (exact) mass is 233 g/mol. The first-order valence-corrected chi connectivity index (χ1v) is 5.45. The fourth-order valence-electron chi connectivity index (χ4n) is 1.66. The highest BCUT2D eigenvalue weighted by Crippen LogP contribution is 2.12. The van der Waals surface area contributed by atoms with Gasteiger partial charge in [0.2, 0.25) is 0 Å². The van der Waals surface area contributed by atoms with E-state index in [1.807, 2.05) is 47.2 Å². The molecule has 0 bridgehead atoms. The van der Waals surface area contributed by atoms with Crippen molar-refractivity contribution in [1.82, 2.24) is 4.57 Å². The van der Waals surface area contributed by atoms with Gasteiger partial charge in [0.1, 0.15) is 0 Å². The number of halogens is 1. The van der Waals surface area contributed by atoms with Crippen LogP contribution in [-0.4, -0.2) is 10.4 Å². The quantitative estimate of drug-likeness (QED) is 0.745. The highest BCUT2D eigenvalue weighted by Gasteiger charge is 2.05. The molecule has 82 valence electrons. The predicted molar refractivity (Wildman–Crippen MR) is 65.0 cm³/mol. The fourth-order valence-corrected chi connectivity index (χ4v) is 1.78. The molecule has 2 rings (SSSR count). The first-order valence-electron chi connectivity index (χ1n) is 5.07. The molecule has 0 N–H and O–H groups in total. The molecule has 0 spiro atoms. The molecule has 0 amide bonds. The number of aromatic nitrogens is 1. The second-order valence-electron chi connectivity index (χ2n) is 3.70. The molecule has 0 aliphatic carbocycles. The molecule has 1 aromatic heterocycles. The van der Waals surface area contributed by atoms with Gasteiger partial charge >= 0.3 is 0 Å². The maximum atomic E-state index is 11.3. The minimum absolute atomic E-state index is 0.0824. The molecule has 0 atom stereocenters. The van der Waals surface area contributed by atoms with E-state index in [1.165, 1.54) is 0 Å². The molecule has 0 unspecified atom stereocenters. The lowest BCUT2D eigenvalue weighted by molar-refractivity contribution is 0.100. The summed E-state index contributed by atoms with van der Waals surface area (Å²) in [6.45, 7) is 2.27. The lowest BCUT2D eigenvalue weighted by Crippen LogP contribution is -2.06. The molecule has 0 saturated heterocycles. The Hall–Kier alpha value is -1.54. The van der Waals surface area contributed by atoms with E-state index >= 15 is 0 Å². The van der Waals surface area contributed by atoms with Crippen LogP contribution in [0.4, 0.5) is 0 Å². The number of benzene rings is 1. The lowest BCUT2D eigenvalue weighted by atomic mass is 10.2. The number of carbonyl (C=O) groups is 1. The maximum Gasteiger partial charge on any atom is 0.176 e. The van der Waals surface area contributed by atoms with Crippen LogP contribution in [0.1, 0.15) is 23.0 Å². The highest BCUT2D eigenvalue weighted by atomic mass is 35.5. The molecule has 0 radical (unpaired) electrons. The molecule has 16 heavy (non-hydrogen) atoms. The van der Waals surface area contributed by atoms with Gasteiger partial charge in [-0.1, -0.05) is 23.7 Å². The van der Waals surface area contributed by atoms with E-state index in [0.29, 0.717) is 6.54 Å². The van der Waals surface area contributed by atoms with E-state index in [9.17, 15) is 4.79 Å². The van der Waals surface area contributed by atoms with Gasteiger partial charge in [0.15, 0.2) is 5.78 Å². The lowest BCUT2D eigenvalue weighted by Gasteiger charge is -2.07. The summed E-state index contributed by atoms with van der Waals surface area (Å²) in [5.74, 6) is 0.0824. The Bertz CT molecular complexity index is 499. The zero-order chi connectivity index (χ0) is 11.5. The van der Waals surface area contributed by atoms with Gasteiger partial charge in [-0.05, 0) is 29.8 Å². The molecule has 2 aromatic rings. The van der Waals surface area contributed by atoms with Crippen molar-refractivity contribution < 1.29 is 4.79 Å². The summed E-state index contributed by atoms with van der Waals surface area (Å²) in [4.78, 5) is 11.3. The summed E-state index contributed by atoms with van der Waals surface area (Å²) >= 11 is 5.81. The molecule has 3 heteroatoms. The van der Waals surface area contributed by atoms with E-state index in [0.717, 1.165) is 16.3 Å². The molecule has 0 aliphatic rings. The Morgan fingerprint density at radius 2 is 1.94 bits per heavy atom. The van der Waals surface area contributed by atoms with E-state index in [2.05, 4.69) is 0 Å². The van der Waals surface area contributed by atoms with Gasteiger partial charge in [-0.25, -0.2) is 0 Å². The van der Waals surface area contributed by atoms with Gasteiger partial charge in [-0.3, -0.25) is 4.79 Å². The van der Waals surface area contributed by atoms with Gasteiger partial charge in [-0.2, -0.15) is 0 Å². The minimum Gasteiger partial charge on any atom is -0.341 e. The summed E-state index contributed by atoms with van der Waals surface area (Å²) in [7, 11) is 0. The van der Waals surface area contributed by atoms with Gasteiger partial charge in [0.05, 0.1) is 5.69 Å². The second kappa shape index (κ2) is 4.54. The minimum atomic E-state index is 0.0824. The molecule has 2 nitrogen and oxygen atoms in total. The molecule has 1 heterocycles. The summed E-state index contributed by atoms with van der Waals surface area (Å²) in [5.41, 5.74) is 1.86. The zero-order valence-electron chi connectivity index (χ0n) is 8.98. The summed E-state index contributed by atoms with van der Waals surface area (Å²) < 4.78 is 1.94. The van der Waals surface area contributed by atoms with E-state index in [-0.39, 0.29) is 5.78 Å². The van der Waals surface area contributed by atoms with Crippen LogP contribution < -0.4 is 0 Å². The van der Waals surface area contributed by atoms with Crippen LogP contribution in [0.15, 0.2) is 42.6 Å². The van der Waals surface area contributed by atoms with E-state index in [1.54, 1.807) is 6.92 Å². The van der Waals surface area contributed by atoms with Crippen LogP contribution in [0.3, 0.4) is 0 Å². The number of ketones is 1. The Morgan fingerprint density at radius 1 is 1.25 bits per heavy atom. The molecular formula is C13H12ClNO. The summed E-state index contributed by atoms with van der Waals surface area (Å²) in [6.07, 6.45) is 1.91. The zero-order valence-corrected chi connectivity index (χ0v) is 9.74. The fraction of sp³-hybridized carbons (Fsp3) is 0.154. The number of rotatable bonds is 3. The number of hydrogen-bond acceptors (Lipinski definition) is 1. The summed E-state index contributed by atoms with van der Waals surface area (Å²) in [6, 6.07) is 11.4. The van der Waals surface area contributed by atoms with Gasteiger partial charge in [0, 0.05) is 24.7 Å². The second-order valence-corrected chi connectivity index (χ2v) is 4.14. The van der Waals surface area contributed by atoms with Crippen molar-refractivity contribution in [2.75, 3.05) is 0 Å². The maximum absolute atomic E-state index is 11.3. The smallest absolute Gasteiger partial charge is 0.176 e. The average Bonchev–Trinajstić information content (AvgIpc) is 2.69. The number of carbonyl (C=O) groups excluding carboxylic acids is 1. The van der Waals surface area contributed by atoms with Crippen molar-refractivity contribution in [3.05, 3.63) is 58.9 Å². The third kappa shape index (κ3) is 2.34. The number of hydrogen-bond donors (Lipinski definition) is 0. The highest BCUT2D eigenvalue weighted by molar-refractivity contribution is 6.30. The Balaban J connectivity index is 2.23. The molecule has 1 aromatic carbocycles. The first-order chi connectivity index (χ1) is 7.66. The van der Waals surface area contributed by atoms with Crippen LogP contribution in [0.5, 0.6) is 0 Å². The van der Waals surface area contributed by atoms with Gasteiger partial charge in [-0.15, -0.1) is 0 Å². The molecule has 0 saturated carbocycles. The molecule has 0 fully saturated rings. The van der Waals surface area contributed by atoms with Crippen LogP contribution in [0.2, 0.25) is 5.02 Å². The largest absolute Gasteiger partial charge is 0.341 e. The van der Waals surface area contributed by atoms with Crippen LogP contribution in [-0.2, 0) is 6.54 Å². The van der Waals surface area contributed by atoms with E-state index in [4.69, 9.17) is 11.6 Å². The van der Waals surface area contributed by atoms with Crippen molar-refractivity contribution in [2.24, 2.45) is 0 Å². The van der Waals surface area contributed by atoms with Crippen LogP contribution in [0.25, 0.3) is 0 Å². The van der Waals surface area contributed by atoms with Gasteiger partial charge in [0.25, 0.3) is 0 Å². The SMILES string of the molecule is CC(=O)c1cccn1Cc1ccc(Cl)cc1. The van der Waals surface area contributed by atoms with E-state index < -0.39 is 0 Å². The van der Waals surface area contributed by atoms with Crippen molar-refractivity contribution in [3.63, 3.8) is 0 Å². The Labute approximate surface area is 99.5 Å². The third-order valence-electron chi connectivity index (χ3n) is 2.46. The number of Topliss-reactive ketones (excluding diaryl/α,β-unsaturated/α-hetero) is 1. The van der Waals surface area contributed by atoms with Crippen molar-refractivity contribution in [3.8, 4) is 0 Å². The Morgan fingerprint density at radius 3 is 2.56 bits per heavy atom. The molecule has 0 aliphatic heterocycles.